The molecule has 2 aromatic carbocycles. The van der Waals surface area contributed by atoms with E-state index in [0.717, 1.165) is 30.2 Å². The van der Waals surface area contributed by atoms with E-state index in [2.05, 4.69) is 27.3 Å². The fourth-order valence-corrected chi connectivity index (χ4v) is 3.46. The van der Waals surface area contributed by atoms with Crippen molar-refractivity contribution in [3.63, 3.8) is 0 Å². The van der Waals surface area contributed by atoms with Gasteiger partial charge in [-0.15, -0.1) is 0 Å². The molecule has 0 saturated carbocycles. The highest BCUT2D eigenvalue weighted by molar-refractivity contribution is 5.95. The van der Waals surface area contributed by atoms with Gasteiger partial charge in [-0.3, -0.25) is 9.78 Å². The maximum atomic E-state index is 13.0. The van der Waals surface area contributed by atoms with E-state index in [9.17, 15) is 4.79 Å². The third-order valence-corrected chi connectivity index (χ3v) is 5.05. The number of anilines is 3. The third-order valence-electron chi connectivity index (χ3n) is 5.05. The molecule has 6 heteroatoms. The first kappa shape index (κ1) is 18.8. The molecule has 0 spiro atoms. The summed E-state index contributed by atoms with van der Waals surface area (Å²) in [5.74, 6) is 0.816. The number of pyridine rings is 1. The maximum absolute atomic E-state index is 13.0. The van der Waals surface area contributed by atoms with Gasteiger partial charge in [0.15, 0.2) is 0 Å². The van der Waals surface area contributed by atoms with Crippen molar-refractivity contribution in [2.75, 3.05) is 43.5 Å². The minimum absolute atomic E-state index is 0.0172. The van der Waals surface area contributed by atoms with E-state index in [1.54, 1.807) is 19.5 Å². The van der Waals surface area contributed by atoms with Crippen molar-refractivity contribution in [3.05, 3.63) is 78.6 Å². The van der Waals surface area contributed by atoms with Crippen LogP contribution < -0.4 is 15.0 Å². The molecule has 1 saturated heterocycles. The molecule has 29 heavy (non-hydrogen) atoms. The number of methoxy groups -OCH3 is 1. The van der Waals surface area contributed by atoms with Gasteiger partial charge in [-0.05, 0) is 42.5 Å². The molecule has 1 aromatic heterocycles. The van der Waals surface area contributed by atoms with E-state index in [1.807, 2.05) is 53.4 Å². The Morgan fingerprint density at radius 2 is 1.66 bits per heavy atom. The molecule has 0 radical (unpaired) electrons. The van der Waals surface area contributed by atoms with Crippen LogP contribution in [0.4, 0.5) is 17.1 Å². The Morgan fingerprint density at radius 3 is 2.34 bits per heavy atom. The van der Waals surface area contributed by atoms with Crippen LogP contribution in [0.15, 0.2) is 73.1 Å². The Labute approximate surface area is 170 Å². The number of carbonyl (C=O) groups is 1. The lowest BCUT2D eigenvalue weighted by molar-refractivity contribution is 0.0746. The molecule has 6 nitrogen and oxygen atoms in total. The average molecular weight is 388 g/mol. The molecule has 0 atom stereocenters. The second-order valence-electron chi connectivity index (χ2n) is 6.93. The van der Waals surface area contributed by atoms with Crippen LogP contribution in [0.2, 0.25) is 0 Å². The predicted molar refractivity (Wildman–Crippen MR) is 115 cm³/mol. The van der Waals surface area contributed by atoms with Crippen molar-refractivity contribution in [2.45, 2.75) is 0 Å². The normalized spacial score (nSPS) is 13.8. The van der Waals surface area contributed by atoms with Crippen LogP contribution in [0.25, 0.3) is 0 Å². The number of rotatable bonds is 5. The van der Waals surface area contributed by atoms with Gasteiger partial charge in [-0.25, -0.2) is 0 Å². The Kier molecular flexibility index (Phi) is 5.61. The molecule has 2 heterocycles. The summed E-state index contributed by atoms with van der Waals surface area (Å²) in [5.41, 5.74) is 3.49. The fraction of sp³-hybridized carbons (Fsp3) is 0.217. The minimum Gasteiger partial charge on any atom is -0.497 e. The molecule has 1 aliphatic heterocycles. The largest absolute Gasteiger partial charge is 0.497 e. The van der Waals surface area contributed by atoms with E-state index in [4.69, 9.17) is 4.74 Å². The number of para-hydroxylation sites is 1. The first-order chi connectivity index (χ1) is 14.2. The third kappa shape index (κ3) is 4.48. The molecule has 0 unspecified atom stereocenters. The smallest absolute Gasteiger partial charge is 0.255 e. The van der Waals surface area contributed by atoms with Gasteiger partial charge < -0.3 is 19.9 Å². The molecule has 4 rings (SSSR count). The molecular formula is C23H24N4O2. The number of hydrogen-bond donors (Lipinski definition) is 1. The Balaban J connectivity index is 1.39. The van der Waals surface area contributed by atoms with Gasteiger partial charge in [0.1, 0.15) is 5.75 Å². The molecule has 1 aliphatic rings. The van der Waals surface area contributed by atoms with Gasteiger partial charge >= 0.3 is 0 Å². The van der Waals surface area contributed by atoms with Crippen molar-refractivity contribution < 1.29 is 9.53 Å². The van der Waals surface area contributed by atoms with Gasteiger partial charge in [-0.2, -0.15) is 0 Å². The average Bonchev–Trinajstić information content (AvgIpc) is 2.80. The van der Waals surface area contributed by atoms with E-state index in [1.165, 1.54) is 5.69 Å². The summed E-state index contributed by atoms with van der Waals surface area (Å²) in [6.45, 7) is 3.05. The lowest BCUT2D eigenvalue weighted by atomic mass is 10.2. The number of benzene rings is 2. The molecular weight excluding hydrogens is 364 g/mol. The SMILES string of the molecule is COc1ccc(Nc2cncc(C(=O)N3CCN(c4ccccc4)CC3)c2)cc1. The Morgan fingerprint density at radius 1 is 0.931 bits per heavy atom. The van der Waals surface area contributed by atoms with Crippen molar-refractivity contribution in [3.8, 4) is 5.75 Å². The molecule has 1 amide bonds. The summed E-state index contributed by atoms with van der Waals surface area (Å²) in [6, 6.07) is 19.8. The Bertz CT molecular complexity index is 952. The van der Waals surface area contributed by atoms with Crippen molar-refractivity contribution >= 4 is 23.0 Å². The monoisotopic (exact) mass is 388 g/mol. The van der Waals surface area contributed by atoms with E-state index in [0.29, 0.717) is 18.7 Å². The number of amides is 1. The minimum atomic E-state index is 0.0172. The first-order valence-electron chi connectivity index (χ1n) is 9.68. The highest BCUT2D eigenvalue weighted by Crippen LogP contribution is 2.21. The van der Waals surface area contributed by atoms with E-state index < -0.39 is 0 Å². The number of carbonyl (C=O) groups excluding carboxylic acids is 1. The summed E-state index contributed by atoms with van der Waals surface area (Å²) < 4.78 is 5.18. The summed E-state index contributed by atoms with van der Waals surface area (Å²) in [7, 11) is 1.64. The number of nitrogens with one attached hydrogen (secondary N) is 1. The second-order valence-corrected chi connectivity index (χ2v) is 6.93. The van der Waals surface area contributed by atoms with Gasteiger partial charge in [0, 0.05) is 43.8 Å². The van der Waals surface area contributed by atoms with Crippen LogP contribution in [0.5, 0.6) is 5.75 Å². The molecule has 1 N–H and O–H groups in total. The van der Waals surface area contributed by atoms with Gasteiger partial charge in [0.25, 0.3) is 5.91 Å². The predicted octanol–water partition coefficient (Wildman–Crippen LogP) is 3.80. The quantitative estimate of drug-likeness (QED) is 0.721. The number of hydrogen-bond acceptors (Lipinski definition) is 5. The zero-order valence-electron chi connectivity index (χ0n) is 16.4. The van der Waals surface area contributed by atoms with Gasteiger partial charge in [0.2, 0.25) is 0 Å². The van der Waals surface area contributed by atoms with Gasteiger partial charge in [0.05, 0.1) is 24.6 Å². The first-order valence-corrected chi connectivity index (χ1v) is 9.68. The summed E-state index contributed by atoms with van der Waals surface area (Å²) in [5, 5.41) is 3.28. The van der Waals surface area contributed by atoms with E-state index >= 15 is 0 Å². The second kappa shape index (κ2) is 8.65. The van der Waals surface area contributed by atoms with Crippen LogP contribution in [0.3, 0.4) is 0 Å². The van der Waals surface area contributed by atoms with Crippen molar-refractivity contribution in [1.29, 1.82) is 0 Å². The van der Waals surface area contributed by atoms with Crippen LogP contribution in [0, 0.1) is 0 Å². The standard InChI is InChI=1S/C23H24N4O2/c1-29-22-9-7-19(8-10-22)25-20-15-18(16-24-17-20)23(28)27-13-11-26(12-14-27)21-5-3-2-4-6-21/h2-10,15-17,25H,11-14H2,1H3. The van der Waals surface area contributed by atoms with Gasteiger partial charge in [-0.1, -0.05) is 18.2 Å². The number of aromatic nitrogens is 1. The lowest BCUT2D eigenvalue weighted by Crippen LogP contribution is -2.48. The number of nitrogens with zero attached hydrogens (tertiary/aromatic N) is 3. The lowest BCUT2D eigenvalue weighted by Gasteiger charge is -2.36. The molecule has 0 bridgehead atoms. The summed E-state index contributed by atoms with van der Waals surface area (Å²) in [6.07, 6.45) is 3.35. The molecule has 0 aliphatic carbocycles. The summed E-state index contributed by atoms with van der Waals surface area (Å²) in [4.78, 5) is 21.4. The zero-order valence-corrected chi connectivity index (χ0v) is 16.4. The highest BCUT2D eigenvalue weighted by atomic mass is 16.5. The summed E-state index contributed by atoms with van der Waals surface area (Å²) >= 11 is 0. The maximum Gasteiger partial charge on any atom is 0.255 e. The zero-order chi connectivity index (χ0) is 20.1. The van der Waals surface area contributed by atoms with Crippen LogP contribution in [-0.4, -0.2) is 49.1 Å². The molecule has 148 valence electrons. The fourth-order valence-electron chi connectivity index (χ4n) is 3.46. The Hall–Kier alpha value is -3.54. The van der Waals surface area contributed by atoms with Crippen molar-refractivity contribution in [1.82, 2.24) is 9.88 Å². The van der Waals surface area contributed by atoms with Crippen LogP contribution >= 0.6 is 0 Å². The topological polar surface area (TPSA) is 57.7 Å². The number of piperazine rings is 1. The van der Waals surface area contributed by atoms with Crippen LogP contribution in [-0.2, 0) is 0 Å². The number of ether oxygens (including phenoxy) is 1. The van der Waals surface area contributed by atoms with Crippen molar-refractivity contribution in [2.24, 2.45) is 0 Å². The molecule has 1 fully saturated rings. The molecule has 3 aromatic rings. The highest BCUT2D eigenvalue weighted by Gasteiger charge is 2.22. The van der Waals surface area contributed by atoms with E-state index in [-0.39, 0.29) is 5.91 Å². The van der Waals surface area contributed by atoms with Crippen LogP contribution in [0.1, 0.15) is 10.4 Å².